The minimum atomic E-state index is -0.784. The lowest BCUT2D eigenvalue weighted by molar-refractivity contribution is -0.137. The largest absolute Gasteiger partial charge is 0.481 e. The van der Waals surface area contributed by atoms with Crippen LogP contribution in [0.4, 0.5) is 4.79 Å². The predicted octanol–water partition coefficient (Wildman–Crippen LogP) is 4.47. The molecule has 0 radical (unpaired) electrons. The molecular formula is C21H23NO4. The fourth-order valence-electron chi connectivity index (χ4n) is 3.64. The summed E-state index contributed by atoms with van der Waals surface area (Å²) >= 11 is 0. The average Bonchev–Trinajstić information content (AvgIpc) is 2.98. The van der Waals surface area contributed by atoms with Crippen LogP contribution in [0.15, 0.2) is 48.5 Å². The summed E-state index contributed by atoms with van der Waals surface area (Å²) in [6.07, 6.45) is 1.91. The van der Waals surface area contributed by atoms with Gasteiger partial charge in [-0.25, -0.2) is 4.79 Å². The highest BCUT2D eigenvalue weighted by atomic mass is 16.5. The second kappa shape index (κ2) is 8.04. The highest BCUT2D eigenvalue weighted by molar-refractivity contribution is 5.81. The van der Waals surface area contributed by atoms with Crippen LogP contribution in [0.5, 0.6) is 0 Å². The number of carboxylic acid groups (broad SMARTS) is 1. The van der Waals surface area contributed by atoms with E-state index in [2.05, 4.69) is 24.3 Å². The Morgan fingerprint density at radius 1 is 0.962 bits per heavy atom. The van der Waals surface area contributed by atoms with Crippen molar-refractivity contribution in [3.8, 4) is 11.1 Å². The van der Waals surface area contributed by atoms with Gasteiger partial charge in [-0.1, -0.05) is 55.0 Å². The van der Waals surface area contributed by atoms with Crippen molar-refractivity contribution in [1.82, 2.24) is 4.90 Å². The number of amides is 1. The molecular weight excluding hydrogens is 330 g/mol. The van der Waals surface area contributed by atoms with Gasteiger partial charge >= 0.3 is 12.1 Å². The number of methoxy groups -OCH3 is 1. The Morgan fingerprint density at radius 2 is 1.54 bits per heavy atom. The first kappa shape index (κ1) is 18.0. The van der Waals surface area contributed by atoms with Crippen molar-refractivity contribution < 1.29 is 19.4 Å². The van der Waals surface area contributed by atoms with Gasteiger partial charge in [0.05, 0.1) is 13.2 Å². The van der Waals surface area contributed by atoms with Crippen molar-refractivity contribution in [2.75, 3.05) is 13.7 Å². The monoisotopic (exact) mass is 353 g/mol. The van der Waals surface area contributed by atoms with Gasteiger partial charge in [-0.05, 0) is 35.1 Å². The van der Waals surface area contributed by atoms with Gasteiger partial charge in [0.1, 0.15) is 0 Å². The van der Waals surface area contributed by atoms with Crippen LogP contribution >= 0.6 is 0 Å². The van der Waals surface area contributed by atoms with Crippen LogP contribution < -0.4 is 0 Å². The number of fused-ring (bicyclic) bond motifs is 3. The molecule has 1 aliphatic carbocycles. The second-order valence-electron chi connectivity index (χ2n) is 6.44. The molecule has 2 aromatic carbocycles. The molecule has 0 aromatic heterocycles. The lowest BCUT2D eigenvalue weighted by Gasteiger charge is -2.29. The van der Waals surface area contributed by atoms with E-state index in [4.69, 9.17) is 9.84 Å². The summed E-state index contributed by atoms with van der Waals surface area (Å²) in [5.41, 5.74) is 4.50. The molecule has 0 bridgehead atoms. The van der Waals surface area contributed by atoms with Crippen molar-refractivity contribution in [2.24, 2.45) is 0 Å². The second-order valence-corrected chi connectivity index (χ2v) is 6.44. The predicted molar refractivity (Wildman–Crippen MR) is 98.9 cm³/mol. The Labute approximate surface area is 153 Å². The number of carbonyl (C=O) groups excluding carboxylic acids is 1. The topological polar surface area (TPSA) is 66.8 Å². The number of hydrogen-bond acceptors (Lipinski definition) is 3. The van der Waals surface area contributed by atoms with Crippen molar-refractivity contribution in [3.05, 3.63) is 59.7 Å². The van der Waals surface area contributed by atoms with E-state index in [0.29, 0.717) is 13.0 Å². The summed E-state index contributed by atoms with van der Waals surface area (Å²) in [4.78, 5) is 24.9. The zero-order valence-corrected chi connectivity index (χ0v) is 14.9. The van der Waals surface area contributed by atoms with Gasteiger partial charge in [0, 0.05) is 13.0 Å². The van der Waals surface area contributed by atoms with Crippen molar-refractivity contribution >= 4 is 12.1 Å². The fourth-order valence-corrected chi connectivity index (χ4v) is 3.64. The molecule has 26 heavy (non-hydrogen) atoms. The smallest absolute Gasteiger partial charge is 0.410 e. The first-order valence-corrected chi connectivity index (χ1v) is 8.88. The lowest BCUT2D eigenvalue weighted by atomic mass is 10.0. The van der Waals surface area contributed by atoms with Gasteiger partial charge in [0.15, 0.2) is 0 Å². The molecule has 0 aliphatic heterocycles. The van der Waals surface area contributed by atoms with E-state index in [9.17, 15) is 9.59 Å². The Bertz CT molecular complexity index is 757. The number of hydrogen-bond donors (Lipinski definition) is 1. The SMILES string of the molecule is COC(=O)N(CCCCCC(=O)O)C1c2ccccc2-c2ccccc21. The molecule has 1 aliphatic rings. The molecule has 3 rings (SSSR count). The summed E-state index contributed by atoms with van der Waals surface area (Å²) in [5, 5.41) is 8.75. The normalized spacial score (nSPS) is 12.3. The first-order valence-electron chi connectivity index (χ1n) is 8.88. The molecule has 0 fully saturated rings. The van der Waals surface area contributed by atoms with E-state index in [1.165, 1.54) is 7.11 Å². The van der Waals surface area contributed by atoms with Crippen LogP contribution in [0.2, 0.25) is 0 Å². The van der Waals surface area contributed by atoms with Crippen LogP contribution in [0.1, 0.15) is 42.9 Å². The summed E-state index contributed by atoms with van der Waals surface area (Å²) in [6, 6.07) is 16.1. The van der Waals surface area contributed by atoms with Crippen LogP contribution in [-0.2, 0) is 9.53 Å². The Balaban J connectivity index is 1.84. The highest BCUT2D eigenvalue weighted by Crippen LogP contribution is 2.46. The zero-order valence-electron chi connectivity index (χ0n) is 14.9. The molecule has 0 spiro atoms. The molecule has 0 atom stereocenters. The van der Waals surface area contributed by atoms with Crippen molar-refractivity contribution in [3.63, 3.8) is 0 Å². The summed E-state index contributed by atoms with van der Waals surface area (Å²) in [6.45, 7) is 0.527. The Kier molecular flexibility index (Phi) is 5.56. The number of nitrogens with zero attached hydrogens (tertiary/aromatic N) is 1. The number of aliphatic carboxylic acids is 1. The quantitative estimate of drug-likeness (QED) is 0.746. The van der Waals surface area contributed by atoms with Gasteiger partial charge in [-0.3, -0.25) is 9.69 Å². The van der Waals surface area contributed by atoms with Crippen LogP contribution in [0.3, 0.4) is 0 Å². The summed E-state index contributed by atoms with van der Waals surface area (Å²) in [7, 11) is 1.40. The minimum Gasteiger partial charge on any atom is -0.481 e. The number of benzene rings is 2. The van der Waals surface area contributed by atoms with E-state index in [1.807, 2.05) is 24.3 Å². The standard InChI is InChI=1S/C21H23NO4/c1-26-21(25)22(14-8-2-3-13-19(23)24)20-17-11-6-4-9-15(17)16-10-5-7-12-18(16)20/h4-7,9-12,20H,2-3,8,13-14H2,1H3,(H,23,24). The van der Waals surface area contributed by atoms with E-state index in [1.54, 1.807) is 4.90 Å². The van der Waals surface area contributed by atoms with Gasteiger partial charge < -0.3 is 9.84 Å². The maximum atomic E-state index is 12.5. The highest BCUT2D eigenvalue weighted by Gasteiger charge is 2.35. The Morgan fingerprint density at radius 3 is 2.08 bits per heavy atom. The lowest BCUT2D eigenvalue weighted by Crippen LogP contribution is -2.35. The minimum absolute atomic E-state index is 0.160. The van der Waals surface area contributed by atoms with Gasteiger partial charge in [-0.15, -0.1) is 0 Å². The number of rotatable bonds is 7. The summed E-state index contributed by atoms with van der Waals surface area (Å²) < 4.78 is 5.04. The maximum absolute atomic E-state index is 12.5. The molecule has 1 N–H and O–H groups in total. The molecule has 0 unspecified atom stereocenters. The van der Waals surface area contributed by atoms with E-state index in [-0.39, 0.29) is 18.6 Å². The fraction of sp³-hybridized carbons (Fsp3) is 0.333. The molecule has 136 valence electrons. The zero-order chi connectivity index (χ0) is 18.5. The van der Waals surface area contributed by atoms with Crippen molar-refractivity contribution in [1.29, 1.82) is 0 Å². The number of unbranched alkanes of at least 4 members (excludes halogenated alkanes) is 2. The first-order chi connectivity index (χ1) is 12.6. The molecule has 0 saturated carbocycles. The number of ether oxygens (including phenoxy) is 1. The molecule has 0 saturated heterocycles. The number of carboxylic acids is 1. The van der Waals surface area contributed by atoms with Gasteiger partial charge in [-0.2, -0.15) is 0 Å². The molecule has 2 aromatic rings. The van der Waals surface area contributed by atoms with Crippen LogP contribution in [0, 0.1) is 0 Å². The molecule has 5 nitrogen and oxygen atoms in total. The van der Waals surface area contributed by atoms with Gasteiger partial charge in [0.25, 0.3) is 0 Å². The third-order valence-corrected chi connectivity index (χ3v) is 4.81. The number of carbonyl (C=O) groups is 2. The molecule has 5 heteroatoms. The van der Waals surface area contributed by atoms with Crippen LogP contribution in [0.25, 0.3) is 11.1 Å². The maximum Gasteiger partial charge on any atom is 0.410 e. The van der Waals surface area contributed by atoms with Crippen LogP contribution in [-0.4, -0.2) is 35.7 Å². The van der Waals surface area contributed by atoms with E-state index in [0.717, 1.165) is 35.1 Å². The molecule has 1 amide bonds. The Hall–Kier alpha value is -2.82. The van der Waals surface area contributed by atoms with E-state index >= 15 is 0 Å². The summed E-state index contributed by atoms with van der Waals surface area (Å²) in [5.74, 6) is -0.784. The average molecular weight is 353 g/mol. The van der Waals surface area contributed by atoms with E-state index < -0.39 is 5.97 Å². The third kappa shape index (κ3) is 3.57. The van der Waals surface area contributed by atoms with Gasteiger partial charge in [0.2, 0.25) is 0 Å². The third-order valence-electron chi connectivity index (χ3n) is 4.81. The molecule has 0 heterocycles. The van der Waals surface area contributed by atoms with Crippen molar-refractivity contribution in [2.45, 2.75) is 31.7 Å².